The summed E-state index contributed by atoms with van der Waals surface area (Å²) in [6.07, 6.45) is 1.67. The Labute approximate surface area is 123 Å². The molecule has 0 fully saturated rings. The number of hydrogen-bond donors (Lipinski definition) is 2. The Kier molecular flexibility index (Phi) is 4.61. The van der Waals surface area contributed by atoms with Crippen LogP contribution in [0.15, 0.2) is 40.4 Å². The van der Waals surface area contributed by atoms with Gasteiger partial charge in [-0.25, -0.2) is 9.98 Å². The zero-order chi connectivity index (χ0) is 15.2. The molecule has 6 nitrogen and oxygen atoms in total. The van der Waals surface area contributed by atoms with Crippen molar-refractivity contribution < 1.29 is 0 Å². The van der Waals surface area contributed by atoms with Crippen LogP contribution in [0.25, 0.3) is 0 Å². The summed E-state index contributed by atoms with van der Waals surface area (Å²) in [7, 11) is 0. The minimum atomic E-state index is 0.0814. The third-order valence-electron chi connectivity index (χ3n) is 2.88. The van der Waals surface area contributed by atoms with Gasteiger partial charge in [0.15, 0.2) is 5.82 Å². The molecule has 6 heteroatoms. The summed E-state index contributed by atoms with van der Waals surface area (Å²) in [6, 6.07) is 8.18. The lowest BCUT2D eigenvalue weighted by Crippen LogP contribution is -2.08. The van der Waals surface area contributed by atoms with E-state index in [4.69, 9.17) is 5.73 Å². The van der Waals surface area contributed by atoms with Gasteiger partial charge in [-0.1, -0.05) is 17.7 Å². The molecule has 0 aliphatic heterocycles. The van der Waals surface area contributed by atoms with E-state index in [1.165, 1.54) is 5.56 Å². The third-order valence-corrected chi connectivity index (χ3v) is 2.88. The molecule has 0 saturated carbocycles. The lowest BCUT2D eigenvalue weighted by Gasteiger charge is -2.07. The fraction of sp³-hybridized carbons (Fsp3) is 0.200. The average molecular weight is 282 g/mol. The van der Waals surface area contributed by atoms with Crippen LogP contribution in [0, 0.1) is 13.8 Å². The highest BCUT2D eigenvalue weighted by Gasteiger charge is 2.03. The highest BCUT2D eigenvalue weighted by Crippen LogP contribution is 2.14. The number of nitrogens with two attached hydrogens (primary N) is 1. The minimum Gasteiger partial charge on any atom is -0.379 e. The van der Waals surface area contributed by atoms with Crippen LogP contribution in [0.5, 0.6) is 0 Å². The van der Waals surface area contributed by atoms with E-state index in [9.17, 15) is 0 Å². The van der Waals surface area contributed by atoms with Gasteiger partial charge in [-0.3, -0.25) is 4.98 Å². The summed E-state index contributed by atoms with van der Waals surface area (Å²) in [4.78, 5) is 16.2. The predicted octanol–water partition coefficient (Wildman–Crippen LogP) is 2.35. The number of anilines is 1. The Morgan fingerprint density at radius 3 is 2.62 bits per heavy atom. The molecule has 1 aromatic carbocycles. The van der Waals surface area contributed by atoms with E-state index in [0.717, 1.165) is 11.4 Å². The Morgan fingerprint density at radius 2 is 2.00 bits per heavy atom. The molecule has 1 heterocycles. The molecule has 0 aliphatic rings. The number of aromatic nitrogens is 2. The molecule has 108 valence electrons. The summed E-state index contributed by atoms with van der Waals surface area (Å²) in [5, 5.41) is 3.30. The molecule has 0 saturated heterocycles. The molecule has 2 aromatic rings. The molecule has 0 radical (unpaired) electrons. The van der Waals surface area contributed by atoms with E-state index in [2.05, 4.69) is 51.0 Å². The SMILES string of the molecule is C=NC(N)=Nc1ncc(CNc2ccc(C)cc2)nc1C. The number of aliphatic imine (C=N–C) groups is 2. The second kappa shape index (κ2) is 6.60. The number of nitrogens with one attached hydrogen (secondary N) is 1. The van der Waals surface area contributed by atoms with E-state index in [1.54, 1.807) is 6.20 Å². The van der Waals surface area contributed by atoms with Crippen LogP contribution in [-0.2, 0) is 6.54 Å². The first-order valence-electron chi connectivity index (χ1n) is 6.52. The van der Waals surface area contributed by atoms with Gasteiger partial charge in [-0.05, 0) is 32.7 Å². The number of nitrogens with zero attached hydrogens (tertiary/aromatic N) is 4. The van der Waals surface area contributed by atoms with Gasteiger partial charge in [0.1, 0.15) is 0 Å². The van der Waals surface area contributed by atoms with Crippen molar-refractivity contribution in [2.45, 2.75) is 20.4 Å². The van der Waals surface area contributed by atoms with Crippen LogP contribution in [0.2, 0.25) is 0 Å². The lowest BCUT2D eigenvalue weighted by atomic mass is 10.2. The van der Waals surface area contributed by atoms with Crippen molar-refractivity contribution in [3.8, 4) is 0 Å². The van der Waals surface area contributed by atoms with Crippen molar-refractivity contribution in [1.29, 1.82) is 0 Å². The maximum atomic E-state index is 5.50. The van der Waals surface area contributed by atoms with Gasteiger partial charge >= 0.3 is 0 Å². The standard InChI is InChI=1S/C15H18N6/c1-10-4-6-12(7-5-10)18-8-13-9-19-14(11(2)20-13)21-15(16)17-3/h4-7,9,18H,3,8H2,1-2H3,(H2,16,19,21). The first kappa shape index (κ1) is 14.6. The van der Waals surface area contributed by atoms with Gasteiger partial charge in [-0.2, -0.15) is 4.99 Å². The van der Waals surface area contributed by atoms with Gasteiger partial charge in [-0.15, -0.1) is 0 Å². The molecule has 3 N–H and O–H groups in total. The zero-order valence-electron chi connectivity index (χ0n) is 12.2. The second-order valence-electron chi connectivity index (χ2n) is 4.62. The quantitative estimate of drug-likeness (QED) is 0.665. The Morgan fingerprint density at radius 1 is 1.29 bits per heavy atom. The predicted molar refractivity (Wildman–Crippen MR) is 86.1 cm³/mol. The van der Waals surface area contributed by atoms with Crippen LogP contribution in [0.1, 0.15) is 17.0 Å². The molecule has 0 bridgehead atoms. The van der Waals surface area contributed by atoms with Gasteiger partial charge in [0.25, 0.3) is 0 Å². The van der Waals surface area contributed by atoms with Crippen molar-refractivity contribution >= 4 is 24.2 Å². The van der Waals surface area contributed by atoms with E-state index in [0.29, 0.717) is 18.1 Å². The van der Waals surface area contributed by atoms with Crippen molar-refractivity contribution in [1.82, 2.24) is 9.97 Å². The summed E-state index contributed by atoms with van der Waals surface area (Å²) in [5.74, 6) is 0.539. The fourth-order valence-corrected chi connectivity index (χ4v) is 1.73. The first-order chi connectivity index (χ1) is 10.1. The first-order valence-corrected chi connectivity index (χ1v) is 6.52. The van der Waals surface area contributed by atoms with E-state index in [1.807, 2.05) is 19.1 Å². The molecule has 2 rings (SSSR count). The molecular weight excluding hydrogens is 264 g/mol. The van der Waals surface area contributed by atoms with Crippen LogP contribution in [0.4, 0.5) is 11.5 Å². The summed E-state index contributed by atoms with van der Waals surface area (Å²) in [5.41, 5.74) is 9.30. The number of guanidine groups is 1. The van der Waals surface area contributed by atoms with E-state index >= 15 is 0 Å². The van der Waals surface area contributed by atoms with Gasteiger partial charge in [0.2, 0.25) is 5.96 Å². The fourth-order valence-electron chi connectivity index (χ4n) is 1.73. The minimum absolute atomic E-state index is 0.0814. The van der Waals surface area contributed by atoms with Crippen LogP contribution >= 0.6 is 0 Å². The van der Waals surface area contributed by atoms with Gasteiger partial charge < -0.3 is 11.1 Å². The Hall–Kier alpha value is -2.76. The summed E-state index contributed by atoms with van der Waals surface area (Å²) < 4.78 is 0. The van der Waals surface area contributed by atoms with Crippen molar-refractivity contribution in [2.75, 3.05) is 5.32 Å². The van der Waals surface area contributed by atoms with E-state index < -0.39 is 0 Å². The molecule has 0 unspecified atom stereocenters. The maximum Gasteiger partial charge on any atom is 0.221 e. The molecular formula is C15H18N6. The summed E-state index contributed by atoms with van der Waals surface area (Å²) >= 11 is 0. The third kappa shape index (κ3) is 4.10. The number of hydrogen-bond acceptors (Lipinski definition) is 4. The zero-order valence-corrected chi connectivity index (χ0v) is 12.2. The Balaban J connectivity index is 2.06. The molecule has 0 aliphatic carbocycles. The molecule has 0 atom stereocenters. The van der Waals surface area contributed by atoms with Crippen molar-refractivity contribution in [3.63, 3.8) is 0 Å². The molecule has 0 spiro atoms. The van der Waals surface area contributed by atoms with Crippen molar-refractivity contribution in [2.24, 2.45) is 15.7 Å². The normalized spacial score (nSPS) is 11.2. The summed E-state index contributed by atoms with van der Waals surface area (Å²) in [6.45, 7) is 7.79. The number of rotatable bonds is 4. The monoisotopic (exact) mass is 282 g/mol. The largest absolute Gasteiger partial charge is 0.379 e. The van der Waals surface area contributed by atoms with Crippen molar-refractivity contribution in [3.05, 3.63) is 47.4 Å². The van der Waals surface area contributed by atoms with Gasteiger partial charge in [0, 0.05) is 5.69 Å². The smallest absolute Gasteiger partial charge is 0.221 e. The molecule has 21 heavy (non-hydrogen) atoms. The van der Waals surface area contributed by atoms with E-state index in [-0.39, 0.29) is 5.96 Å². The van der Waals surface area contributed by atoms with Crippen LogP contribution in [0.3, 0.4) is 0 Å². The highest BCUT2D eigenvalue weighted by molar-refractivity contribution is 5.84. The lowest BCUT2D eigenvalue weighted by molar-refractivity contribution is 0.972. The van der Waals surface area contributed by atoms with Crippen LogP contribution in [-0.4, -0.2) is 22.6 Å². The maximum absolute atomic E-state index is 5.50. The molecule has 0 amide bonds. The average Bonchev–Trinajstić information content (AvgIpc) is 2.49. The number of aryl methyl sites for hydroxylation is 2. The second-order valence-corrected chi connectivity index (χ2v) is 4.62. The highest BCUT2D eigenvalue weighted by atomic mass is 15.1. The van der Waals surface area contributed by atoms with Gasteiger partial charge in [0.05, 0.1) is 24.1 Å². The topological polar surface area (TPSA) is 88.5 Å². The number of benzene rings is 1. The molecule has 1 aromatic heterocycles. The van der Waals surface area contributed by atoms with Crippen LogP contribution < -0.4 is 11.1 Å². The Bertz CT molecular complexity index is 660.